The van der Waals surface area contributed by atoms with Gasteiger partial charge in [-0.25, -0.2) is 0 Å². The fourth-order valence-corrected chi connectivity index (χ4v) is 2.11. The second-order valence-electron chi connectivity index (χ2n) is 4.37. The van der Waals surface area contributed by atoms with E-state index in [2.05, 4.69) is 20.6 Å². The smallest absolute Gasteiger partial charge is 0.322 e. The van der Waals surface area contributed by atoms with Crippen LogP contribution < -0.4 is 5.32 Å². The molecule has 1 amide bonds. The number of anilines is 1. The third-order valence-electron chi connectivity index (χ3n) is 2.75. The Morgan fingerprint density at radius 3 is 2.82 bits per heavy atom. The molecule has 0 spiro atoms. The minimum Gasteiger partial charge on any atom is -0.403 e. The second kappa shape index (κ2) is 5.78. The van der Waals surface area contributed by atoms with E-state index in [1.165, 1.54) is 4.68 Å². The monoisotopic (exact) mass is 337 g/mol. The lowest BCUT2D eigenvalue weighted by atomic mass is 10.2. The van der Waals surface area contributed by atoms with Crippen molar-refractivity contribution in [1.82, 2.24) is 20.0 Å². The molecule has 1 N–H and O–H groups in total. The number of hydrogen-bond donors (Lipinski definition) is 1. The van der Waals surface area contributed by atoms with Crippen LogP contribution in [-0.2, 0) is 7.05 Å². The van der Waals surface area contributed by atoms with Crippen molar-refractivity contribution in [3.8, 4) is 11.5 Å². The lowest BCUT2D eigenvalue weighted by Crippen LogP contribution is -2.13. The molecule has 0 aliphatic heterocycles. The number of nitrogens with zero attached hydrogens (tertiary/aromatic N) is 4. The molecule has 7 nitrogen and oxygen atoms in total. The lowest BCUT2D eigenvalue weighted by molar-refractivity contribution is 0.101. The van der Waals surface area contributed by atoms with Crippen molar-refractivity contribution < 1.29 is 9.21 Å². The van der Waals surface area contributed by atoms with E-state index < -0.39 is 5.91 Å². The van der Waals surface area contributed by atoms with Crippen LogP contribution in [0.5, 0.6) is 0 Å². The molecule has 0 radical (unpaired) electrons. The first-order valence-corrected chi connectivity index (χ1v) is 6.88. The van der Waals surface area contributed by atoms with Crippen LogP contribution in [0.3, 0.4) is 0 Å². The Hall–Kier alpha value is -2.38. The first-order valence-electron chi connectivity index (χ1n) is 6.13. The van der Waals surface area contributed by atoms with E-state index in [4.69, 9.17) is 27.6 Å². The fraction of sp³-hybridized carbons (Fsp3) is 0.0769. The predicted molar refractivity (Wildman–Crippen MR) is 80.9 cm³/mol. The number of aromatic nitrogens is 4. The summed E-state index contributed by atoms with van der Waals surface area (Å²) in [5.74, 6) is -0.295. The highest BCUT2D eigenvalue weighted by atomic mass is 35.5. The summed E-state index contributed by atoms with van der Waals surface area (Å²) < 4.78 is 6.89. The van der Waals surface area contributed by atoms with Crippen LogP contribution in [0.4, 0.5) is 6.01 Å². The van der Waals surface area contributed by atoms with Crippen LogP contribution in [0.2, 0.25) is 10.0 Å². The quantitative estimate of drug-likeness (QED) is 0.793. The molecule has 22 heavy (non-hydrogen) atoms. The van der Waals surface area contributed by atoms with Crippen LogP contribution in [-0.4, -0.2) is 25.9 Å². The zero-order valence-electron chi connectivity index (χ0n) is 11.2. The molecule has 2 aromatic heterocycles. The predicted octanol–water partition coefficient (Wildman–Crippen LogP) is 3.03. The van der Waals surface area contributed by atoms with E-state index in [0.29, 0.717) is 15.6 Å². The molecule has 1 aromatic carbocycles. The first-order chi connectivity index (χ1) is 10.5. The second-order valence-corrected chi connectivity index (χ2v) is 5.21. The Bertz CT molecular complexity index is 843. The Balaban J connectivity index is 1.82. The highest BCUT2D eigenvalue weighted by molar-refractivity contribution is 6.35. The minimum absolute atomic E-state index is 0.0540. The fourth-order valence-electron chi connectivity index (χ4n) is 1.74. The van der Waals surface area contributed by atoms with E-state index in [9.17, 15) is 4.79 Å². The number of halogens is 2. The SMILES string of the molecule is Cn1ccc(C(=O)Nc2nnc(-c3cc(Cl)ccc3Cl)o2)n1. The molecule has 0 aliphatic rings. The average Bonchev–Trinajstić information content (AvgIpc) is 3.11. The molecule has 0 unspecified atom stereocenters. The number of nitrogens with one attached hydrogen (secondary N) is 1. The third-order valence-corrected chi connectivity index (χ3v) is 3.32. The average molecular weight is 338 g/mol. The molecule has 3 rings (SSSR count). The van der Waals surface area contributed by atoms with Gasteiger partial charge in [0.15, 0.2) is 5.69 Å². The van der Waals surface area contributed by atoms with Crippen LogP contribution in [0, 0.1) is 0 Å². The van der Waals surface area contributed by atoms with Crippen LogP contribution in [0.25, 0.3) is 11.5 Å². The summed E-state index contributed by atoms with van der Waals surface area (Å²) >= 11 is 12.0. The van der Waals surface area contributed by atoms with E-state index in [1.807, 2.05) is 0 Å². The van der Waals surface area contributed by atoms with Crippen LogP contribution in [0.1, 0.15) is 10.5 Å². The van der Waals surface area contributed by atoms with Gasteiger partial charge in [-0.3, -0.25) is 14.8 Å². The largest absolute Gasteiger partial charge is 0.403 e. The van der Waals surface area contributed by atoms with Gasteiger partial charge in [0, 0.05) is 18.3 Å². The molecule has 0 atom stereocenters. The Morgan fingerprint density at radius 2 is 2.09 bits per heavy atom. The third kappa shape index (κ3) is 2.95. The molecule has 112 valence electrons. The Morgan fingerprint density at radius 1 is 1.27 bits per heavy atom. The van der Waals surface area contributed by atoms with Crippen molar-refractivity contribution in [2.24, 2.45) is 7.05 Å². The van der Waals surface area contributed by atoms with Gasteiger partial charge < -0.3 is 4.42 Å². The highest BCUT2D eigenvalue weighted by Crippen LogP contribution is 2.30. The summed E-state index contributed by atoms with van der Waals surface area (Å²) in [6.45, 7) is 0. The van der Waals surface area contributed by atoms with Gasteiger partial charge in [-0.05, 0) is 24.3 Å². The summed E-state index contributed by atoms with van der Waals surface area (Å²) in [5, 5.41) is 14.9. The Labute approximate surface area is 134 Å². The summed E-state index contributed by atoms with van der Waals surface area (Å²) in [6.07, 6.45) is 1.65. The molecule has 3 aromatic rings. The normalized spacial score (nSPS) is 10.7. The van der Waals surface area contributed by atoms with Gasteiger partial charge in [0.05, 0.1) is 10.6 Å². The number of hydrogen-bond acceptors (Lipinski definition) is 5. The molecular weight excluding hydrogens is 329 g/mol. The summed E-state index contributed by atoms with van der Waals surface area (Å²) in [4.78, 5) is 11.9. The van der Waals surface area contributed by atoms with Crippen molar-refractivity contribution in [1.29, 1.82) is 0 Å². The number of amides is 1. The number of carbonyl (C=O) groups excluding carboxylic acids is 1. The zero-order chi connectivity index (χ0) is 15.7. The Kier molecular flexibility index (Phi) is 3.82. The van der Waals surface area contributed by atoms with Gasteiger partial charge in [-0.1, -0.05) is 28.3 Å². The molecule has 0 saturated carbocycles. The summed E-state index contributed by atoms with van der Waals surface area (Å²) in [7, 11) is 1.71. The van der Waals surface area contributed by atoms with Gasteiger partial charge >= 0.3 is 6.01 Å². The van der Waals surface area contributed by atoms with Crippen molar-refractivity contribution in [2.75, 3.05) is 5.32 Å². The number of rotatable bonds is 3. The van der Waals surface area contributed by atoms with E-state index in [-0.39, 0.29) is 17.6 Å². The maximum Gasteiger partial charge on any atom is 0.322 e. The van der Waals surface area contributed by atoms with Crippen molar-refractivity contribution in [2.45, 2.75) is 0 Å². The van der Waals surface area contributed by atoms with Crippen LogP contribution >= 0.6 is 23.2 Å². The number of aryl methyl sites for hydroxylation is 1. The van der Waals surface area contributed by atoms with Crippen molar-refractivity contribution in [3.63, 3.8) is 0 Å². The maximum atomic E-state index is 11.9. The van der Waals surface area contributed by atoms with Crippen LogP contribution in [0.15, 0.2) is 34.9 Å². The molecule has 0 aliphatic carbocycles. The van der Waals surface area contributed by atoms with Gasteiger partial charge in [0.2, 0.25) is 0 Å². The van der Waals surface area contributed by atoms with Gasteiger partial charge in [-0.2, -0.15) is 5.10 Å². The zero-order valence-corrected chi connectivity index (χ0v) is 12.8. The van der Waals surface area contributed by atoms with E-state index in [1.54, 1.807) is 37.5 Å². The van der Waals surface area contributed by atoms with E-state index >= 15 is 0 Å². The van der Waals surface area contributed by atoms with Crippen molar-refractivity contribution >= 4 is 35.1 Å². The minimum atomic E-state index is -0.451. The summed E-state index contributed by atoms with van der Waals surface area (Å²) in [6, 6.07) is 6.38. The molecule has 9 heteroatoms. The molecule has 0 fully saturated rings. The van der Waals surface area contributed by atoms with Gasteiger partial charge in [0.25, 0.3) is 11.8 Å². The number of carbonyl (C=O) groups is 1. The molecule has 0 saturated heterocycles. The number of benzene rings is 1. The molecular formula is C13H9Cl2N5O2. The lowest BCUT2D eigenvalue weighted by Gasteiger charge is -1.99. The standard InChI is InChI=1S/C13H9Cl2N5O2/c1-20-5-4-10(19-20)11(21)16-13-18-17-12(22-13)8-6-7(14)2-3-9(8)15/h2-6H,1H3,(H,16,18,21). The first kappa shape index (κ1) is 14.6. The van der Waals surface area contributed by atoms with Crippen molar-refractivity contribution in [3.05, 3.63) is 46.2 Å². The summed E-state index contributed by atoms with van der Waals surface area (Å²) in [5.41, 5.74) is 0.725. The molecule has 0 bridgehead atoms. The van der Waals surface area contributed by atoms with Gasteiger partial charge in [0.1, 0.15) is 0 Å². The maximum absolute atomic E-state index is 11.9. The topological polar surface area (TPSA) is 85.8 Å². The highest BCUT2D eigenvalue weighted by Gasteiger charge is 2.16. The van der Waals surface area contributed by atoms with E-state index in [0.717, 1.165) is 0 Å². The molecule has 2 heterocycles. The van der Waals surface area contributed by atoms with Gasteiger partial charge in [-0.15, -0.1) is 5.10 Å².